The number of hydrogen-bond donors (Lipinski definition) is 1. The summed E-state index contributed by atoms with van der Waals surface area (Å²) in [5.74, 6) is 0.0999. The van der Waals surface area contributed by atoms with Gasteiger partial charge in [0.1, 0.15) is 11.5 Å². The van der Waals surface area contributed by atoms with Gasteiger partial charge >= 0.3 is 6.18 Å². The number of alkyl halides is 3. The lowest BCUT2D eigenvalue weighted by molar-refractivity contribution is -0.137. The Morgan fingerprint density at radius 3 is 2.60 bits per heavy atom. The number of nitrogens with one attached hydrogen (secondary N) is 1. The molecular formula is C12H11F3N4O. The van der Waals surface area contributed by atoms with E-state index < -0.39 is 17.6 Å². The average molecular weight is 284 g/mol. The zero-order valence-corrected chi connectivity index (χ0v) is 10.5. The van der Waals surface area contributed by atoms with Gasteiger partial charge < -0.3 is 9.88 Å². The van der Waals surface area contributed by atoms with Gasteiger partial charge in [0.05, 0.1) is 12.1 Å². The maximum Gasteiger partial charge on any atom is 0.417 e. The van der Waals surface area contributed by atoms with Gasteiger partial charge in [-0.3, -0.25) is 9.78 Å². The van der Waals surface area contributed by atoms with E-state index in [9.17, 15) is 18.0 Å². The quantitative estimate of drug-likeness (QED) is 0.938. The third-order valence-corrected chi connectivity index (χ3v) is 2.60. The van der Waals surface area contributed by atoms with E-state index in [-0.39, 0.29) is 12.2 Å². The van der Waals surface area contributed by atoms with Crippen molar-refractivity contribution in [2.45, 2.75) is 12.7 Å². The first-order chi connectivity index (χ1) is 9.38. The fourth-order valence-corrected chi connectivity index (χ4v) is 1.56. The normalized spacial score (nSPS) is 11.4. The largest absolute Gasteiger partial charge is 0.417 e. The van der Waals surface area contributed by atoms with Crippen LogP contribution >= 0.6 is 0 Å². The van der Waals surface area contributed by atoms with Crippen molar-refractivity contribution in [3.05, 3.63) is 47.8 Å². The van der Waals surface area contributed by atoms with Crippen LogP contribution in [0, 0.1) is 0 Å². The number of nitrogens with zero attached hydrogens (tertiary/aromatic N) is 3. The van der Waals surface area contributed by atoms with Crippen LogP contribution in [0.15, 0.2) is 30.7 Å². The van der Waals surface area contributed by atoms with Crippen molar-refractivity contribution in [1.82, 2.24) is 19.9 Å². The van der Waals surface area contributed by atoms with Crippen LogP contribution in [-0.2, 0) is 12.7 Å². The summed E-state index contributed by atoms with van der Waals surface area (Å²) < 4.78 is 37.2. The van der Waals surface area contributed by atoms with Crippen LogP contribution in [0.5, 0.6) is 0 Å². The second-order valence-corrected chi connectivity index (χ2v) is 4.13. The fraction of sp³-hybridized carbons (Fsp3) is 0.250. The SMILES string of the molecule is CN(Cc1ncc[nH]1)C(=O)c1ccc(C(F)(F)F)cn1. The molecule has 5 nitrogen and oxygen atoms in total. The monoisotopic (exact) mass is 284 g/mol. The van der Waals surface area contributed by atoms with E-state index in [1.807, 2.05) is 0 Å². The Labute approximate surface area is 112 Å². The number of carbonyl (C=O) groups excluding carboxylic acids is 1. The van der Waals surface area contributed by atoms with Crippen molar-refractivity contribution in [2.24, 2.45) is 0 Å². The number of rotatable bonds is 3. The summed E-state index contributed by atoms with van der Waals surface area (Å²) in [4.78, 5) is 23.6. The predicted octanol–water partition coefficient (Wildman–Crippen LogP) is 2.10. The first kappa shape index (κ1) is 14.0. The second kappa shape index (κ2) is 5.32. The number of halogens is 3. The van der Waals surface area contributed by atoms with Crippen LogP contribution in [0.25, 0.3) is 0 Å². The third kappa shape index (κ3) is 3.14. The van der Waals surface area contributed by atoms with Crippen molar-refractivity contribution in [1.29, 1.82) is 0 Å². The Balaban J connectivity index is 2.09. The minimum absolute atomic E-state index is 0.0490. The Morgan fingerprint density at radius 2 is 2.10 bits per heavy atom. The fourth-order valence-electron chi connectivity index (χ4n) is 1.56. The Bertz CT molecular complexity index is 578. The smallest absolute Gasteiger partial charge is 0.347 e. The summed E-state index contributed by atoms with van der Waals surface area (Å²) >= 11 is 0. The van der Waals surface area contributed by atoms with Crippen LogP contribution in [-0.4, -0.2) is 32.8 Å². The highest BCUT2D eigenvalue weighted by atomic mass is 19.4. The standard InChI is InChI=1S/C12H11F3N4O/c1-19(7-10-16-4-5-17-10)11(20)9-3-2-8(6-18-9)12(13,14)15/h2-6H,7H2,1H3,(H,16,17). The number of pyridine rings is 1. The number of aromatic amines is 1. The minimum atomic E-state index is -4.46. The van der Waals surface area contributed by atoms with E-state index in [4.69, 9.17) is 0 Å². The van der Waals surface area contributed by atoms with Gasteiger partial charge in [-0.15, -0.1) is 0 Å². The molecule has 2 rings (SSSR count). The topological polar surface area (TPSA) is 61.9 Å². The number of amides is 1. The van der Waals surface area contributed by atoms with E-state index in [0.717, 1.165) is 12.1 Å². The first-order valence-electron chi connectivity index (χ1n) is 5.65. The molecule has 0 aromatic carbocycles. The molecule has 0 fully saturated rings. The molecule has 106 valence electrons. The van der Waals surface area contributed by atoms with Gasteiger partial charge in [-0.1, -0.05) is 0 Å². The van der Waals surface area contributed by atoms with Gasteiger partial charge in [0.15, 0.2) is 0 Å². The molecule has 0 aliphatic carbocycles. The number of carbonyl (C=O) groups is 1. The summed E-state index contributed by atoms with van der Waals surface area (Å²) in [5, 5.41) is 0. The molecule has 0 saturated heterocycles. The molecule has 0 saturated carbocycles. The molecule has 0 atom stereocenters. The Hall–Kier alpha value is -2.38. The van der Waals surface area contributed by atoms with Gasteiger partial charge in [-0.25, -0.2) is 4.98 Å². The lowest BCUT2D eigenvalue weighted by Gasteiger charge is -2.15. The van der Waals surface area contributed by atoms with E-state index in [0.29, 0.717) is 12.0 Å². The zero-order valence-electron chi connectivity index (χ0n) is 10.5. The van der Waals surface area contributed by atoms with Crippen LogP contribution in [0.2, 0.25) is 0 Å². The highest BCUT2D eigenvalue weighted by Crippen LogP contribution is 2.28. The molecule has 0 bridgehead atoms. The van der Waals surface area contributed by atoms with Crippen LogP contribution in [0.4, 0.5) is 13.2 Å². The Kier molecular flexibility index (Phi) is 3.73. The minimum Gasteiger partial charge on any atom is -0.347 e. The molecule has 2 aromatic heterocycles. The van der Waals surface area contributed by atoms with Crippen molar-refractivity contribution in [3.63, 3.8) is 0 Å². The van der Waals surface area contributed by atoms with E-state index >= 15 is 0 Å². The van der Waals surface area contributed by atoms with Crippen molar-refractivity contribution < 1.29 is 18.0 Å². The highest BCUT2D eigenvalue weighted by molar-refractivity contribution is 5.92. The summed E-state index contributed by atoms with van der Waals surface area (Å²) in [6.45, 7) is 0.217. The van der Waals surface area contributed by atoms with E-state index in [1.165, 1.54) is 11.9 Å². The summed E-state index contributed by atoms with van der Waals surface area (Å²) in [5.41, 5.74) is -0.935. The van der Waals surface area contributed by atoms with Crippen LogP contribution in [0.3, 0.4) is 0 Å². The molecule has 8 heteroatoms. The molecular weight excluding hydrogens is 273 g/mol. The van der Waals surface area contributed by atoms with Gasteiger partial charge in [0.25, 0.3) is 5.91 Å². The number of hydrogen-bond acceptors (Lipinski definition) is 3. The van der Waals surface area contributed by atoms with Crippen LogP contribution < -0.4 is 0 Å². The summed E-state index contributed by atoms with van der Waals surface area (Å²) in [7, 11) is 1.52. The molecule has 2 heterocycles. The molecule has 20 heavy (non-hydrogen) atoms. The second-order valence-electron chi connectivity index (χ2n) is 4.13. The number of aromatic nitrogens is 3. The molecule has 1 N–H and O–H groups in total. The lowest BCUT2D eigenvalue weighted by Crippen LogP contribution is -2.27. The molecule has 2 aromatic rings. The molecule has 1 amide bonds. The predicted molar refractivity (Wildman–Crippen MR) is 63.6 cm³/mol. The number of imidazole rings is 1. The van der Waals surface area contributed by atoms with Gasteiger partial charge in [-0.2, -0.15) is 13.2 Å². The van der Waals surface area contributed by atoms with E-state index in [2.05, 4.69) is 15.0 Å². The lowest BCUT2D eigenvalue weighted by atomic mass is 10.2. The molecule has 0 aliphatic rings. The molecule has 0 aliphatic heterocycles. The number of H-pyrrole nitrogens is 1. The van der Waals surface area contributed by atoms with Gasteiger partial charge in [0, 0.05) is 25.6 Å². The van der Waals surface area contributed by atoms with Crippen molar-refractivity contribution in [2.75, 3.05) is 7.05 Å². The van der Waals surface area contributed by atoms with E-state index in [1.54, 1.807) is 12.4 Å². The van der Waals surface area contributed by atoms with Crippen molar-refractivity contribution >= 4 is 5.91 Å². The molecule has 0 spiro atoms. The maximum atomic E-state index is 12.4. The molecule has 0 unspecified atom stereocenters. The highest BCUT2D eigenvalue weighted by Gasteiger charge is 2.31. The van der Waals surface area contributed by atoms with Gasteiger partial charge in [0.2, 0.25) is 0 Å². The zero-order chi connectivity index (χ0) is 14.8. The Morgan fingerprint density at radius 1 is 1.35 bits per heavy atom. The maximum absolute atomic E-state index is 12.4. The van der Waals surface area contributed by atoms with Crippen LogP contribution in [0.1, 0.15) is 21.9 Å². The van der Waals surface area contributed by atoms with Crippen molar-refractivity contribution in [3.8, 4) is 0 Å². The average Bonchev–Trinajstić information content (AvgIpc) is 2.90. The molecule has 0 radical (unpaired) electrons. The third-order valence-electron chi connectivity index (χ3n) is 2.60. The summed E-state index contributed by atoms with van der Waals surface area (Å²) in [6, 6.07) is 1.89. The van der Waals surface area contributed by atoms with Gasteiger partial charge in [-0.05, 0) is 12.1 Å². The first-order valence-corrected chi connectivity index (χ1v) is 5.65. The summed E-state index contributed by atoms with van der Waals surface area (Å²) in [6.07, 6.45) is -0.656.